The molecule has 0 saturated carbocycles. The molecule has 1 N–H and O–H groups in total. The van der Waals surface area contributed by atoms with Crippen molar-refractivity contribution in [3.63, 3.8) is 0 Å². The van der Waals surface area contributed by atoms with Crippen LogP contribution in [0.3, 0.4) is 0 Å². The highest BCUT2D eigenvalue weighted by Gasteiger charge is 2.28. The van der Waals surface area contributed by atoms with Crippen molar-refractivity contribution in [2.24, 2.45) is 0 Å². The predicted octanol–water partition coefficient (Wildman–Crippen LogP) is 5.39. The molecule has 0 spiro atoms. The number of hydrogen-bond acceptors (Lipinski definition) is 3. The summed E-state index contributed by atoms with van der Waals surface area (Å²) in [6, 6.07) is 18.1. The number of halogens is 2. The average Bonchev–Trinajstić information content (AvgIpc) is 3.06. The van der Waals surface area contributed by atoms with Gasteiger partial charge in [-0.25, -0.2) is 9.78 Å². The Balaban J connectivity index is 1.36. The zero-order valence-electron chi connectivity index (χ0n) is 15.3. The van der Waals surface area contributed by atoms with E-state index in [4.69, 9.17) is 16.3 Å². The third kappa shape index (κ3) is 4.29. The summed E-state index contributed by atoms with van der Waals surface area (Å²) in [7, 11) is 0. The lowest BCUT2D eigenvalue weighted by molar-refractivity contribution is 0.144. The molecule has 0 bridgehead atoms. The number of rotatable bonds is 3. The van der Waals surface area contributed by atoms with E-state index in [9.17, 15) is 4.79 Å². The van der Waals surface area contributed by atoms with Gasteiger partial charge in [0.05, 0.1) is 11.0 Å². The number of nitrogens with zero attached hydrogens (tertiary/aromatic N) is 1. The Bertz CT molecular complexity index is 1090. The topological polar surface area (TPSA) is 51.2 Å². The first-order valence-corrected chi connectivity index (χ1v) is 10.2. The molecule has 0 saturated heterocycles. The molecule has 1 heterocycles. The summed E-state index contributed by atoms with van der Waals surface area (Å²) < 4.78 is 6.22. The van der Waals surface area contributed by atoms with Crippen molar-refractivity contribution in [1.82, 2.24) is 10.3 Å². The van der Waals surface area contributed by atoms with E-state index in [1.807, 2.05) is 24.3 Å². The molecule has 0 unspecified atom stereocenters. The van der Waals surface area contributed by atoms with Gasteiger partial charge in [0.25, 0.3) is 0 Å². The quantitative estimate of drug-likeness (QED) is 0.415. The van der Waals surface area contributed by atoms with E-state index < -0.39 is 6.09 Å². The van der Waals surface area contributed by atoms with Crippen LogP contribution in [-0.2, 0) is 4.74 Å². The molecule has 1 aromatic heterocycles. The minimum absolute atomic E-state index is 0.0363. The third-order valence-electron chi connectivity index (χ3n) is 4.71. The third-order valence-corrected chi connectivity index (χ3v) is 5.55. The fourth-order valence-electron chi connectivity index (χ4n) is 3.41. The number of aromatic nitrogens is 1. The molecule has 4 nitrogen and oxygen atoms in total. The Morgan fingerprint density at radius 3 is 2.48 bits per heavy atom. The van der Waals surface area contributed by atoms with Crippen LogP contribution in [0.4, 0.5) is 4.79 Å². The SMILES string of the molecule is O=C(NCC#Cc1cc(Cl)ncc1Br)OCC1c2ccccc2-c2ccccc21. The summed E-state index contributed by atoms with van der Waals surface area (Å²) in [4.78, 5) is 16.1. The molecule has 0 atom stereocenters. The minimum atomic E-state index is -0.493. The van der Waals surface area contributed by atoms with Crippen molar-refractivity contribution in [2.75, 3.05) is 13.2 Å². The zero-order chi connectivity index (χ0) is 20.2. The van der Waals surface area contributed by atoms with Crippen LogP contribution in [0.1, 0.15) is 22.6 Å². The number of pyridine rings is 1. The van der Waals surface area contributed by atoms with E-state index in [0.717, 1.165) is 4.47 Å². The first-order chi connectivity index (χ1) is 14.1. The van der Waals surface area contributed by atoms with Crippen LogP contribution in [0.25, 0.3) is 11.1 Å². The van der Waals surface area contributed by atoms with Crippen LogP contribution < -0.4 is 5.32 Å². The Morgan fingerprint density at radius 1 is 1.14 bits per heavy atom. The Labute approximate surface area is 182 Å². The second-order valence-corrected chi connectivity index (χ2v) is 7.71. The molecule has 6 heteroatoms. The van der Waals surface area contributed by atoms with Crippen molar-refractivity contribution in [2.45, 2.75) is 5.92 Å². The van der Waals surface area contributed by atoms with Gasteiger partial charge in [0.2, 0.25) is 0 Å². The van der Waals surface area contributed by atoms with E-state index in [1.165, 1.54) is 22.3 Å². The number of nitrogens with one attached hydrogen (secondary N) is 1. The van der Waals surface area contributed by atoms with Gasteiger partial charge in [-0.2, -0.15) is 0 Å². The second-order valence-electron chi connectivity index (χ2n) is 6.47. The van der Waals surface area contributed by atoms with E-state index >= 15 is 0 Å². The molecule has 0 aliphatic heterocycles. The predicted molar refractivity (Wildman–Crippen MR) is 117 cm³/mol. The number of carbonyl (C=O) groups is 1. The lowest BCUT2D eigenvalue weighted by atomic mass is 9.98. The molecular weight excluding hydrogens is 452 g/mol. The summed E-state index contributed by atoms with van der Waals surface area (Å²) in [5.74, 6) is 5.86. The van der Waals surface area contributed by atoms with E-state index in [0.29, 0.717) is 10.7 Å². The van der Waals surface area contributed by atoms with Gasteiger partial charge in [0, 0.05) is 17.7 Å². The van der Waals surface area contributed by atoms with Crippen molar-refractivity contribution in [1.29, 1.82) is 0 Å². The maximum Gasteiger partial charge on any atom is 0.407 e. The first-order valence-electron chi connectivity index (χ1n) is 9.02. The molecule has 1 amide bonds. The normalized spacial score (nSPS) is 11.8. The highest BCUT2D eigenvalue weighted by Crippen LogP contribution is 2.44. The van der Waals surface area contributed by atoms with E-state index in [2.05, 4.69) is 62.3 Å². The maximum absolute atomic E-state index is 12.1. The van der Waals surface area contributed by atoms with E-state index in [-0.39, 0.29) is 19.1 Å². The molecule has 1 aliphatic rings. The smallest absolute Gasteiger partial charge is 0.407 e. The lowest BCUT2D eigenvalue weighted by Crippen LogP contribution is -2.26. The maximum atomic E-state index is 12.1. The Morgan fingerprint density at radius 2 is 1.79 bits per heavy atom. The fraction of sp³-hybridized carbons (Fsp3) is 0.130. The van der Waals surface area contributed by atoms with Crippen LogP contribution in [0.5, 0.6) is 0 Å². The summed E-state index contributed by atoms with van der Waals surface area (Å²) >= 11 is 9.23. The van der Waals surface area contributed by atoms with Crippen LogP contribution in [-0.4, -0.2) is 24.2 Å². The van der Waals surface area contributed by atoms with Crippen LogP contribution in [0, 0.1) is 11.8 Å². The van der Waals surface area contributed by atoms with Gasteiger partial charge in [-0.05, 0) is 44.3 Å². The summed E-state index contributed by atoms with van der Waals surface area (Å²) in [5.41, 5.74) is 5.47. The van der Waals surface area contributed by atoms with E-state index in [1.54, 1.807) is 12.3 Å². The molecule has 144 valence electrons. The molecule has 29 heavy (non-hydrogen) atoms. The van der Waals surface area contributed by atoms with Crippen molar-refractivity contribution in [3.8, 4) is 23.0 Å². The molecule has 1 aliphatic carbocycles. The number of hydrogen-bond donors (Lipinski definition) is 1. The first kappa shape index (κ1) is 19.5. The largest absolute Gasteiger partial charge is 0.449 e. The number of amides is 1. The standard InChI is InChI=1S/C23H16BrClN2O2/c24-21-13-27-22(25)12-15(21)6-5-11-26-23(28)29-14-20-18-9-3-1-7-16(18)17-8-2-4-10-19(17)20/h1-4,7-10,12-13,20H,11,14H2,(H,26,28). The monoisotopic (exact) mass is 466 g/mol. The number of fused-ring (bicyclic) bond motifs is 3. The van der Waals surface area contributed by atoms with Gasteiger partial charge in [-0.3, -0.25) is 0 Å². The number of alkyl carbamates (subject to hydrolysis) is 1. The average molecular weight is 468 g/mol. The van der Waals surface area contributed by atoms with Crippen LogP contribution >= 0.6 is 27.5 Å². The Kier molecular flexibility index (Phi) is 5.84. The molecule has 3 aromatic rings. The van der Waals surface area contributed by atoms with Gasteiger partial charge in [0.15, 0.2) is 0 Å². The van der Waals surface area contributed by atoms with Crippen molar-refractivity contribution < 1.29 is 9.53 Å². The lowest BCUT2D eigenvalue weighted by Gasteiger charge is -2.14. The Hall–Kier alpha value is -2.81. The fourth-order valence-corrected chi connectivity index (χ4v) is 3.89. The number of ether oxygens (including phenoxy) is 1. The van der Waals surface area contributed by atoms with Gasteiger partial charge < -0.3 is 10.1 Å². The van der Waals surface area contributed by atoms with Crippen LogP contribution in [0.15, 0.2) is 65.3 Å². The molecule has 0 fully saturated rings. The molecular formula is C23H16BrClN2O2. The molecule has 0 radical (unpaired) electrons. The molecule has 2 aromatic carbocycles. The zero-order valence-corrected chi connectivity index (χ0v) is 17.6. The number of benzene rings is 2. The van der Waals surface area contributed by atoms with Gasteiger partial charge in [-0.1, -0.05) is 72.0 Å². The number of carbonyl (C=O) groups excluding carboxylic acids is 1. The van der Waals surface area contributed by atoms with Crippen molar-refractivity contribution in [3.05, 3.63) is 87.1 Å². The summed E-state index contributed by atoms with van der Waals surface area (Å²) in [6.45, 7) is 0.446. The highest BCUT2D eigenvalue weighted by molar-refractivity contribution is 9.10. The highest BCUT2D eigenvalue weighted by atomic mass is 79.9. The second kappa shape index (κ2) is 8.69. The van der Waals surface area contributed by atoms with Gasteiger partial charge in [-0.15, -0.1) is 0 Å². The minimum Gasteiger partial charge on any atom is -0.449 e. The van der Waals surface area contributed by atoms with Gasteiger partial charge >= 0.3 is 6.09 Å². The summed E-state index contributed by atoms with van der Waals surface area (Å²) in [6.07, 6.45) is 1.10. The van der Waals surface area contributed by atoms with Crippen molar-refractivity contribution >= 4 is 33.6 Å². The van der Waals surface area contributed by atoms with Gasteiger partial charge in [0.1, 0.15) is 11.8 Å². The summed E-state index contributed by atoms with van der Waals surface area (Å²) in [5, 5.41) is 3.02. The van der Waals surface area contributed by atoms with Crippen LogP contribution in [0.2, 0.25) is 5.15 Å². The molecule has 4 rings (SSSR count).